The summed E-state index contributed by atoms with van der Waals surface area (Å²) >= 11 is -0.520. The van der Waals surface area contributed by atoms with Crippen molar-refractivity contribution in [2.75, 3.05) is 5.73 Å². The Labute approximate surface area is 121 Å². The van der Waals surface area contributed by atoms with E-state index in [2.05, 4.69) is 0 Å². The predicted molar refractivity (Wildman–Crippen MR) is 70.6 cm³/mol. The first-order chi connectivity index (χ1) is 9.07. The van der Waals surface area contributed by atoms with Crippen LogP contribution in [0.1, 0.15) is 5.56 Å². The van der Waals surface area contributed by atoms with Gasteiger partial charge in [-0.15, -0.1) is 0 Å². The number of nitrogens with two attached hydrogens (primary N) is 1. The fourth-order valence-corrected chi connectivity index (χ4v) is 4.02. The van der Waals surface area contributed by atoms with Crippen molar-refractivity contribution in [1.29, 1.82) is 0 Å². The van der Waals surface area contributed by atoms with E-state index >= 15 is 0 Å². The van der Waals surface area contributed by atoms with E-state index in [1.807, 2.05) is 6.07 Å². The third-order valence-electron chi connectivity index (χ3n) is 2.24. The van der Waals surface area contributed by atoms with Gasteiger partial charge in [-0.05, 0) is 0 Å². The molecular weight excluding hydrogens is 357 g/mol. The average Bonchev–Trinajstić information content (AvgIpc) is 2.38. The van der Waals surface area contributed by atoms with E-state index in [1.54, 1.807) is 48.5 Å². The topological polar surface area (TPSA) is 69.4 Å². The third kappa shape index (κ3) is 4.44. The summed E-state index contributed by atoms with van der Waals surface area (Å²) in [6.07, 6.45) is 0. The molecule has 6 heteroatoms. The molecule has 2 N–H and O–H groups in total. The van der Waals surface area contributed by atoms with E-state index < -0.39 is 28.5 Å². The molecule has 0 atom stereocenters. The van der Waals surface area contributed by atoms with Crippen molar-refractivity contribution in [3.63, 3.8) is 0 Å². The molecular formula is C13H13NO3PdS. The van der Waals surface area contributed by atoms with Crippen molar-refractivity contribution in [2.24, 2.45) is 0 Å². The van der Waals surface area contributed by atoms with Gasteiger partial charge in [-0.2, -0.15) is 0 Å². The van der Waals surface area contributed by atoms with Crippen molar-refractivity contribution in [2.45, 2.75) is 5.75 Å². The molecule has 0 saturated carbocycles. The van der Waals surface area contributed by atoms with Crippen molar-refractivity contribution in [1.82, 2.24) is 0 Å². The van der Waals surface area contributed by atoms with Crippen molar-refractivity contribution in [3.8, 4) is 0 Å². The second-order valence-corrected chi connectivity index (χ2v) is 7.23. The molecule has 2 aromatic carbocycles. The zero-order valence-electron chi connectivity index (χ0n) is 9.93. The van der Waals surface area contributed by atoms with Gasteiger partial charge in [0.2, 0.25) is 0 Å². The fraction of sp³-hybridized carbons (Fsp3) is 0.0769. The Morgan fingerprint density at radius 2 is 1.63 bits per heavy atom. The molecule has 0 unspecified atom stereocenters. The fourth-order valence-electron chi connectivity index (χ4n) is 1.39. The van der Waals surface area contributed by atoms with E-state index in [1.165, 1.54) is 0 Å². The van der Waals surface area contributed by atoms with E-state index in [9.17, 15) is 8.42 Å². The molecule has 0 amide bonds. The monoisotopic (exact) mass is 369 g/mol. The van der Waals surface area contributed by atoms with Gasteiger partial charge in [-0.3, -0.25) is 0 Å². The molecule has 2 rings (SSSR count). The van der Waals surface area contributed by atoms with Crippen LogP contribution < -0.4 is 9.77 Å². The molecule has 19 heavy (non-hydrogen) atoms. The van der Waals surface area contributed by atoms with Crippen molar-refractivity contribution >= 4 is 19.8 Å². The number of hydrogen-bond donors (Lipinski definition) is 1. The summed E-state index contributed by atoms with van der Waals surface area (Å²) in [6, 6.07) is 16.0. The average molecular weight is 370 g/mol. The molecule has 4 nitrogen and oxygen atoms in total. The van der Waals surface area contributed by atoms with Crippen LogP contribution in [0.3, 0.4) is 0 Å². The van der Waals surface area contributed by atoms with Crippen LogP contribution >= 0.6 is 0 Å². The molecule has 0 bridgehead atoms. The SMILES string of the molecule is Nc1cccc[c]1[Pd][O]S(=O)(=O)Cc1ccccc1. The van der Waals surface area contributed by atoms with Gasteiger partial charge >= 0.3 is 121 Å². The molecule has 0 aliphatic carbocycles. The number of nitrogen functional groups attached to an aromatic ring is 1. The Morgan fingerprint density at radius 3 is 2.32 bits per heavy atom. The number of benzene rings is 2. The van der Waals surface area contributed by atoms with Gasteiger partial charge in [-0.25, -0.2) is 0 Å². The maximum absolute atomic E-state index is 11.8. The molecule has 0 saturated heterocycles. The minimum atomic E-state index is -3.58. The first kappa shape index (κ1) is 14.2. The molecule has 0 aromatic heterocycles. The van der Waals surface area contributed by atoms with E-state index in [0.29, 0.717) is 15.3 Å². The third-order valence-corrected chi connectivity index (χ3v) is 5.76. The summed E-state index contributed by atoms with van der Waals surface area (Å²) < 4.78 is 29.4. The molecule has 0 spiro atoms. The number of rotatable bonds is 5. The maximum atomic E-state index is 11.8. The zero-order valence-corrected chi connectivity index (χ0v) is 12.3. The molecule has 0 fully saturated rings. The summed E-state index contributed by atoms with van der Waals surface area (Å²) in [4.78, 5) is 0. The Morgan fingerprint density at radius 1 is 1.00 bits per heavy atom. The van der Waals surface area contributed by atoms with Gasteiger partial charge in [0.15, 0.2) is 0 Å². The molecule has 0 aliphatic heterocycles. The van der Waals surface area contributed by atoms with Gasteiger partial charge in [0.25, 0.3) is 0 Å². The van der Waals surface area contributed by atoms with E-state index in [0.717, 1.165) is 0 Å². The number of para-hydroxylation sites is 1. The van der Waals surface area contributed by atoms with Crippen LogP contribution in [0, 0.1) is 0 Å². The molecule has 2 aromatic rings. The summed E-state index contributed by atoms with van der Waals surface area (Å²) in [7, 11) is -3.58. The summed E-state index contributed by atoms with van der Waals surface area (Å²) in [5, 5.41) is 0. The van der Waals surface area contributed by atoms with Crippen molar-refractivity contribution in [3.05, 3.63) is 60.2 Å². The predicted octanol–water partition coefficient (Wildman–Crippen LogP) is 1.44. The standard InChI is InChI=1S/C7H8O3S.C6H6N.Pd/c8-11(9,10)6-7-4-2-1-3-5-7;7-6-4-2-1-3-5-6;/h1-5H,6H2,(H,8,9,10);1-4H,7H2;/q;;+1/p-1. The van der Waals surface area contributed by atoms with Crippen LogP contribution in [0.15, 0.2) is 54.6 Å². The van der Waals surface area contributed by atoms with Crippen LogP contribution in [0.2, 0.25) is 0 Å². The molecule has 0 heterocycles. The number of hydrogen-bond acceptors (Lipinski definition) is 4. The van der Waals surface area contributed by atoms with Gasteiger partial charge in [0, 0.05) is 0 Å². The van der Waals surface area contributed by atoms with E-state index in [4.69, 9.17) is 8.64 Å². The molecule has 104 valence electrons. The minimum absolute atomic E-state index is 0.126. The van der Waals surface area contributed by atoms with Crippen LogP contribution in [0.5, 0.6) is 0 Å². The Kier molecular flexibility index (Phi) is 4.72. The van der Waals surface area contributed by atoms with Gasteiger partial charge in [-0.1, -0.05) is 0 Å². The van der Waals surface area contributed by atoms with Crippen LogP contribution in [-0.2, 0) is 37.1 Å². The first-order valence-corrected chi connectivity index (χ1v) is 8.45. The summed E-state index contributed by atoms with van der Waals surface area (Å²) in [5.74, 6) is -0.126. The second-order valence-electron chi connectivity index (χ2n) is 3.79. The quantitative estimate of drug-likeness (QED) is 0.639. The zero-order chi connectivity index (χ0) is 13.7. The molecule has 0 aliphatic rings. The molecule has 0 radical (unpaired) electrons. The Bertz CT molecular complexity index is 644. The summed E-state index contributed by atoms with van der Waals surface area (Å²) in [6.45, 7) is 0. The van der Waals surface area contributed by atoms with Crippen LogP contribution in [0.25, 0.3) is 0 Å². The van der Waals surface area contributed by atoms with Crippen LogP contribution in [-0.4, -0.2) is 8.42 Å². The van der Waals surface area contributed by atoms with Crippen molar-refractivity contribution < 1.29 is 29.7 Å². The van der Waals surface area contributed by atoms with E-state index in [-0.39, 0.29) is 5.75 Å². The van der Waals surface area contributed by atoms with Gasteiger partial charge < -0.3 is 0 Å². The van der Waals surface area contributed by atoms with Gasteiger partial charge in [0.1, 0.15) is 0 Å². The van der Waals surface area contributed by atoms with Crippen LogP contribution in [0.4, 0.5) is 5.69 Å². The number of anilines is 1. The normalized spacial score (nSPS) is 11.6. The first-order valence-electron chi connectivity index (χ1n) is 5.46. The second kappa shape index (κ2) is 6.31. The van der Waals surface area contributed by atoms with Gasteiger partial charge in [0.05, 0.1) is 0 Å². The Balaban J connectivity index is 2.01. The Hall–Kier alpha value is -1.19. The summed E-state index contributed by atoms with van der Waals surface area (Å²) in [5.41, 5.74) is 6.99.